The molecule has 0 saturated heterocycles. The van der Waals surface area contributed by atoms with Gasteiger partial charge in [0.2, 0.25) is 0 Å². The maximum atomic E-state index is 2.21. The molecule has 0 aromatic carbocycles. The van der Waals surface area contributed by atoms with Crippen molar-refractivity contribution in [2.45, 2.75) is 13.1 Å². The van der Waals surface area contributed by atoms with E-state index in [4.69, 9.17) is 0 Å². The molecule has 6 heavy (non-hydrogen) atoms. The average molecular weight is 135 g/mol. The van der Waals surface area contributed by atoms with Crippen LogP contribution in [0, 0.1) is 7.43 Å². The van der Waals surface area contributed by atoms with Crippen LogP contribution in [0.15, 0.2) is 0 Å². The van der Waals surface area contributed by atoms with Gasteiger partial charge in [0.1, 0.15) is 0 Å². The first-order valence-corrected chi connectivity index (χ1v) is 3.46. The summed E-state index contributed by atoms with van der Waals surface area (Å²) in [4.78, 5) is 0. The first kappa shape index (κ1) is 26.7. The van der Waals surface area contributed by atoms with E-state index in [2.05, 4.69) is 13.1 Å². The molecule has 0 fully saturated rings. The maximum Gasteiger partial charge on any atom is 2.00 e. The summed E-state index contributed by atoms with van der Waals surface area (Å²) in [6.07, 6.45) is 0. The largest absolute Gasteiger partial charge is 2.00 e. The Labute approximate surface area is 65.5 Å². The first-order valence-electron chi connectivity index (χ1n) is 1.15. The van der Waals surface area contributed by atoms with Gasteiger partial charge in [0.25, 0.3) is 0 Å². The predicted octanol–water partition coefficient (Wildman–Crippen LogP) is 1.01. The summed E-state index contributed by atoms with van der Waals surface area (Å²) in [5.74, 6) is 0. The van der Waals surface area contributed by atoms with Crippen LogP contribution in [0.4, 0.5) is 0 Å². The predicted molar refractivity (Wildman–Crippen MR) is 38.3 cm³/mol. The van der Waals surface area contributed by atoms with Crippen LogP contribution in [-0.4, -0.2) is 32.6 Å². The SMILES string of the molecule is C[SiH-]C.Cl.[CH3-].[Mg+2]. The molecule has 0 rings (SSSR count). The van der Waals surface area contributed by atoms with Crippen molar-refractivity contribution in [2.75, 3.05) is 0 Å². The van der Waals surface area contributed by atoms with Crippen LogP contribution in [0.25, 0.3) is 0 Å². The second-order valence-electron chi connectivity index (χ2n) is 0.577. The molecule has 0 aliphatic rings. The van der Waals surface area contributed by atoms with Crippen molar-refractivity contribution in [3.63, 3.8) is 0 Å². The third kappa shape index (κ3) is 59.4. The molecule has 0 heterocycles. The van der Waals surface area contributed by atoms with E-state index in [1.54, 1.807) is 0 Å². The van der Waals surface area contributed by atoms with Gasteiger partial charge in [-0.2, -0.15) is 13.1 Å². The van der Waals surface area contributed by atoms with E-state index in [0.29, 0.717) is 0 Å². The van der Waals surface area contributed by atoms with Gasteiger partial charge in [0, 0.05) is 0 Å². The zero-order chi connectivity index (χ0) is 2.71. The average Bonchev–Trinajstić information content (AvgIpc) is 0.918. The minimum Gasteiger partial charge on any atom is -0.358 e. The standard InChI is InChI=1S/C2H7Si.CH3.ClH.Mg/c1-3-2;;;/h3H,1-2H3;1H3;1H;/q2*-1;;+2. The Balaban J connectivity index is -0.00000000667. The van der Waals surface area contributed by atoms with Crippen LogP contribution < -0.4 is 0 Å². The fourth-order valence-electron chi connectivity index (χ4n) is 0. The molecule has 36 valence electrons. The van der Waals surface area contributed by atoms with Gasteiger partial charge in [0.15, 0.2) is 0 Å². The van der Waals surface area contributed by atoms with E-state index in [1.807, 2.05) is 0 Å². The van der Waals surface area contributed by atoms with Crippen LogP contribution >= 0.6 is 12.4 Å². The van der Waals surface area contributed by atoms with Crippen LogP contribution in [0.2, 0.25) is 13.1 Å². The molecule has 0 unspecified atom stereocenters. The van der Waals surface area contributed by atoms with Crippen molar-refractivity contribution >= 4 is 45.0 Å². The van der Waals surface area contributed by atoms with Crippen LogP contribution in [-0.2, 0) is 0 Å². The Kier molecular flexibility index (Phi) is 150. The molecule has 0 aromatic rings. The van der Waals surface area contributed by atoms with Crippen molar-refractivity contribution in [3.05, 3.63) is 7.43 Å². The summed E-state index contributed by atoms with van der Waals surface area (Å²) >= 11 is 0. The zero-order valence-corrected chi connectivity index (χ0v) is 8.08. The van der Waals surface area contributed by atoms with Crippen LogP contribution in [0.1, 0.15) is 0 Å². The third-order valence-electron chi connectivity index (χ3n) is 0. The normalized spacial score (nSPS) is 3.00. The number of hydrogen-bond donors (Lipinski definition) is 0. The molecule has 0 saturated carbocycles. The molecule has 0 atom stereocenters. The van der Waals surface area contributed by atoms with Gasteiger partial charge in [-0.05, 0) is 0 Å². The summed E-state index contributed by atoms with van der Waals surface area (Å²) in [6.45, 7) is 4.42. The van der Waals surface area contributed by atoms with E-state index >= 15 is 0 Å². The molecule has 0 aromatic heterocycles. The molecule has 0 spiro atoms. The molecule has 0 aliphatic carbocycles. The molecule has 0 aliphatic heterocycles. The Hall–Kier alpha value is 1.27. The van der Waals surface area contributed by atoms with Gasteiger partial charge in [-0.1, -0.05) is 0 Å². The van der Waals surface area contributed by atoms with Crippen molar-refractivity contribution in [2.24, 2.45) is 0 Å². The molecule has 0 nitrogen and oxygen atoms in total. The van der Waals surface area contributed by atoms with Crippen molar-refractivity contribution in [3.8, 4) is 0 Å². The van der Waals surface area contributed by atoms with Gasteiger partial charge >= 0.3 is 23.1 Å². The van der Waals surface area contributed by atoms with Gasteiger partial charge in [-0.15, -0.1) is 12.4 Å². The zero-order valence-electron chi connectivity index (χ0n) is 4.69. The second kappa shape index (κ2) is 33.8. The number of rotatable bonds is 0. The minimum absolute atomic E-state index is 0. The molecular weight excluding hydrogens is 124 g/mol. The molecule has 0 radical (unpaired) electrons. The minimum atomic E-state index is 0. The van der Waals surface area contributed by atoms with E-state index in [9.17, 15) is 0 Å². The van der Waals surface area contributed by atoms with Crippen molar-refractivity contribution in [1.82, 2.24) is 0 Å². The fraction of sp³-hybridized carbons (Fsp3) is 0.667. The summed E-state index contributed by atoms with van der Waals surface area (Å²) < 4.78 is 0. The summed E-state index contributed by atoms with van der Waals surface area (Å²) in [6, 6.07) is 0. The van der Waals surface area contributed by atoms with Gasteiger partial charge in [0.05, 0.1) is 0 Å². The van der Waals surface area contributed by atoms with Crippen molar-refractivity contribution < 1.29 is 0 Å². The van der Waals surface area contributed by atoms with Gasteiger partial charge in [-0.25, -0.2) is 0 Å². The van der Waals surface area contributed by atoms with E-state index < -0.39 is 0 Å². The molecule has 0 bridgehead atoms. The molecule has 0 N–H and O–H groups in total. The van der Waals surface area contributed by atoms with Gasteiger partial charge < -0.3 is 7.43 Å². The van der Waals surface area contributed by atoms with Crippen molar-refractivity contribution in [1.29, 1.82) is 0 Å². The Morgan fingerprint density at radius 3 is 1.17 bits per heavy atom. The van der Waals surface area contributed by atoms with E-state index in [1.165, 1.54) is 0 Å². The van der Waals surface area contributed by atoms with Crippen LogP contribution in [0.3, 0.4) is 0 Å². The Bertz CT molecular complexity index is 10.8. The smallest absolute Gasteiger partial charge is 0.358 e. The second-order valence-corrected chi connectivity index (χ2v) is 1.73. The number of hydrogen-bond acceptors (Lipinski definition) is 0. The molecule has 0 amide bonds. The third-order valence-corrected chi connectivity index (χ3v) is 0. The topological polar surface area (TPSA) is 0 Å². The van der Waals surface area contributed by atoms with Crippen LogP contribution in [0.5, 0.6) is 0 Å². The monoisotopic (exact) mass is 134 g/mol. The Morgan fingerprint density at radius 2 is 1.17 bits per heavy atom. The van der Waals surface area contributed by atoms with E-state index in [-0.39, 0.29) is 42.9 Å². The quantitative estimate of drug-likeness (QED) is 0.343. The summed E-state index contributed by atoms with van der Waals surface area (Å²) in [7, 11) is 0.750. The molecule has 3 heteroatoms. The van der Waals surface area contributed by atoms with Gasteiger partial charge in [-0.3, -0.25) is 9.52 Å². The summed E-state index contributed by atoms with van der Waals surface area (Å²) in [5, 5.41) is 0. The number of halogens is 1. The molecular formula is C3H11ClMgSi. The first-order chi connectivity index (χ1) is 1.41. The van der Waals surface area contributed by atoms with E-state index in [0.717, 1.165) is 9.52 Å². The fourth-order valence-corrected chi connectivity index (χ4v) is 0. The Morgan fingerprint density at radius 1 is 1.17 bits per heavy atom. The maximum absolute atomic E-state index is 2.21. The summed E-state index contributed by atoms with van der Waals surface area (Å²) in [5.41, 5.74) is 0.